The van der Waals surface area contributed by atoms with E-state index in [1.807, 2.05) is 59.7 Å². The molecule has 2 aromatic carbocycles. The predicted octanol–water partition coefficient (Wildman–Crippen LogP) is 4.20. The van der Waals surface area contributed by atoms with Crippen molar-refractivity contribution < 1.29 is 9.13 Å². The number of halogens is 1. The van der Waals surface area contributed by atoms with Gasteiger partial charge in [-0.2, -0.15) is 5.10 Å². The van der Waals surface area contributed by atoms with Gasteiger partial charge >= 0.3 is 0 Å². The van der Waals surface area contributed by atoms with E-state index in [9.17, 15) is 4.39 Å². The number of aryl methyl sites for hydroxylation is 2. The number of methoxy groups -OCH3 is 1. The van der Waals surface area contributed by atoms with E-state index in [4.69, 9.17) is 9.72 Å². The van der Waals surface area contributed by atoms with Crippen LogP contribution in [0.2, 0.25) is 0 Å². The third kappa shape index (κ3) is 2.98. The first-order valence-electron chi connectivity index (χ1n) is 9.87. The van der Waals surface area contributed by atoms with Crippen LogP contribution in [0.3, 0.4) is 0 Å². The Morgan fingerprint density at radius 1 is 1.10 bits per heavy atom. The fraction of sp³-hybridized carbons (Fsp3) is 0.261. The summed E-state index contributed by atoms with van der Waals surface area (Å²) in [4.78, 5) is 9.17. The number of benzene rings is 2. The van der Waals surface area contributed by atoms with Gasteiger partial charge in [-0.3, -0.25) is 4.68 Å². The van der Waals surface area contributed by atoms with Gasteiger partial charge < -0.3 is 9.30 Å². The highest BCUT2D eigenvalue weighted by atomic mass is 19.1. The molecule has 0 N–H and O–H groups in total. The summed E-state index contributed by atoms with van der Waals surface area (Å²) in [5.74, 6) is 2.04. The highest BCUT2D eigenvalue weighted by Gasteiger charge is 2.49. The van der Waals surface area contributed by atoms with Crippen LogP contribution in [-0.2, 0) is 12.5 Å². The Hall–Kier alpha value is -3.48. The van der Waals surface area contributed by atoms with E-state index in [2.05, 4.69) is 10.1 Å². The minimum atomic E-state index is -0.228. The molecule has 6 nitrogen and oxygen atoms in total. The van der Waals surface area contributed by atoms with E-state index in [0.29, 0.717) is 5.82 Å². The lowest BCUT2D eigenvalue weighted by Gasteiger charge is -2.14. The van der Waals surface area contributed by atoms with Gasteiger partial charge in [0, 0.05) is 18.8 Å². The molecule has 7 heteroatoms. The Morgan fingerprint density at radius 3 is 2.50 bits per heavy atom. The lowest BCUT2D eigenvalue weighted by molar-refractivity contribution is 0.413. The number of nitrogens with zero attached hydrogens (tertiary/aromatic N) is 5. The molecule has 0 atom stereocenters. The first-order chi connectivity index (χ1) is 14.5. The van der Waals surface area contributed by atoms with Crippen LogP contribution in [0, 0.1) is 12.7 Å². The Balaban J connectivity index is 1.53. The van der Waals surface area contributed by atoms with Gasteiger partial charge in [0.05, 0.1) is 30.2 Å². The number of imidazole rings is 1. The van der Waals surface area contributed by atoms with Crippen molar-refractivity contribution in [3.63, 3.8) is 0 Å². The molecule has 0 unspecified atom stereocenters. The van der Waals surface area contributed by atoms with Crippen LogP contribution in [0.25, 0.3) is 17.1 Å². The molecule has 4 aromatic rings. The zero-order chi connectivity index (χ0) is 20.9. The second-order valence-corrected chi connectivity index (χ2v) is 7.78. The van der Waals surface area contributed by atoms with E-state index >= 15 is 0 Å². The monoisotopic (exact) mass is 403 g/mol. The number of hydrogen-bond donors (Lipinski definition) is 0. The number of hydrogen-bond acceptors (Lipinski definition) is 4. The largest absolute Gasteiger partial charge is 0.495 e. The van der Waals surface area contributed by atoms with E-state index < -0.39 is 0 Å². The lowest BCUT2D eigenvalue weighted by atomic mass is 9.95. The third-order valence-electron chi connectivity index (χ3n) is 5.77. The molecule has 0 aliphatic heterocycles. The van der Waals surface area contributed by atoms with Crippen molar-refractivity contribution in [3.05, 3.63) is 77.9 Å². The standard InChI is InChI=1S/C23H22FN5O/c1-15-13-29(14-25-15)19-9-4-16(12-20(19)30-3)21-26-22(28(2)27-21)23(10-11-23)17-5-7-18(24)8-6-17/h4-9,12-14H,10-11H2,1-3H3. The second kappa shape index (κ2) is 6.79. The predicted molar refractivity (Wildman–Crippen MR) is 111 cm³/mol. The quantitative estimate of drug-likeness (QED) is 0.501. The summed E-state index contributed by atoms with van der Waals surface area (Å²) in [6.07, 6.45) is 5.68. The van der Waals surface area contributed by atoms with Crippen LogP contribution in [0.1, 0.15) is 29.9 Å². The molecule has 1 fully saturated rings. The van der Waals surface area contributed by atoms with Gasteiger partial charge in [0.2, 0.25) is 0 Å². The summed E-state index contributed by atoms with van der Waals surface area (Å²) in [6, 6.07) is 12.6. The van der Waals surface area contributed by atoms with Gasteiger partial charge in [-0.25, -0.2) is 14.4 Å². The highest BCUT2D eigenvalue weighted by molar-refractivity contribution is 5.63. The average Bonchev–Trinajstić information content (AvgIpc) is 3.28. The first-order valence-corrected chi connectivity index (χ1v) is 9.87. The van der Waals surface area contributed by atoms with E-state index in [1.54, 1.807) is 13.4 Å². The smallest absolute Gasteiger partial charge is 0.181 e. The van der Waals surface area contributed by atoms with Crippen LogP contribution in [0.5, 0.6) is 5.75 Å². The Bertz CT molecular complexity index is 1220. The van der Waals surface area contributed by atoms with Crippen molar-refractivity contribution in [2.45, 2.75) is 25.2 Å². The van der Waals surface area contributed by atoms with Gasteiger partial charge in [0.1, 0.15) is 17.4 Å². The van der Waals surface area contributed by atoms with Gasteiger partial charge in [-0.15, -0.1) is 0 Å². The van der Waals surface area contributed by atoms with Gasteiger partial charge in [-0.1, -0.05) is 12.1 Å². The lowest BCUT2D eigenvalue weighted by Crippen LogP contribution is -2.15. The van der Waals surface area contributed by atoms with Crippen LogP contribution in [-0.4, -0.2) is 31.4 Å². The maximum absolute atomic E-state index is 13.4. The maximum atomic E-state index is 13.4. The van der Waals surface area contributed by atoms with Crippen molar-refractivity contribution in [1.82, 2.24) is 24.3 Å². The van der Waals surface area contributed by atoms with Crippen molar-refractivity contribution in [1.29, 1.82) is 0 Å². The number of aromatic nitrogens is 5. The SMILES string of the molecule is COc1cc(-c2nc(C3(c4ccc(F)cc4)CC3)n(C)n2)ccc1-n1cnc(C)c1. The maximum Gasteiger partial charge on any atom is 0.181 e. The van der Waals surface area contributed by atoms with Crippen LogP contribution in [0.15, 0.2) is 55.0 Å². The minimum Gasteiger partial charge on any atom is -0.495 e. The molecule has 0 bridgehead atoms. The Kier molecular flexibility index (Phi) is 4.20. The second-order valence-electron chi connectivity index (χ2n) is 7.78. The summed E-state index contributed by atoms with van der Waals surface area (Å²) in [7, 11) is 3.56. The fourth-order valence-electron chi connectivity index (χ4n) is 4.04. The van der Waals surface area contributed by atoms with Crippen molar-refractivity contribution >= 4 is 0 Å². The molecular formula is C23H22FN5O. The summed E-state index contributed by atoms with van der Waals surface area (Å²) in [5, 5.41) is 4.67. The summed E-state index contributed by atoms with van der Waals surface area (Å²) in [5.41, 5.74) is 3.61. The zero-order valence-electron chi connectivity index (χ0n) is 17.1. The van der Waals surface area contributed by atoms with Gasteiger partial charge in [0.15, 0.2) is 5.82 Å². The Morgan fingerprint density at radius 2 is 1.87 bits per heavy atom. The molecule has 5 rings (SSSR count). The molecule has 1 saturated carbocycles. The van der Waals surface area contributed by atoms with E-state index in [-0.39, 0.29) is 11.2 Å². The Labute approximate surface area is 174 Å². The van der Waals surface area contributed by atoms with E-state index in [0.717, 1.165) is 46.9 Å². The highest BCUT2D eigenvalue weighted by Crippen LogP contribution is 2.52. The van der Waals surface area contributed by atoms with E-state index in [1.165, 1.54) is 12.1 Å². The van der Waals surface area contributed by atoms with Crippen LogP contribution >= 0.6 is 0 Å². The first kappa shape index (κ1) is 18.5. The summed E-state index contributed by atoms with van der Waals surface area (Å²) >= 11 is 0. The number of ether oxygens (including phenoxy) is 1. The normalized spacial score (nSPS) is 14.7. The summed E-state index contributed by atoms with van der Waals surface area (Å²) < 4.78 is 22.8. The molecule has 0 spiro atoms. The minimum absolute atomic E-state index is 0.188. The third-order valence-corrected chi connectivity index (χ3v) is 5.77. The molecule has 0 radical (unpaired) electrons. The van der Waals surface area contributed by atoms with Crippen LogP contribution < -0.4 is 4.74 Å². The average molecular weight is 403 g/mol. The van der Waals surface area contributed by atoms with Gasteiger partial charge in [-0.05, 0) is 55.7 Å². The molecule has 2 aromatic heterocycles. The molecule has 1 aliphatic carbocycles. The number of rotatable bonds is 5. The molecule has 30 heavy (non-hydrogen) atoms. The molecule has 152 valence electrons. The molecule has 1 aliphatic rings. The summed E-state index contributed by atoms with van der Waals surface area (Å²) in [6.45, 7) is 1.95. The molecule has 2 heterocycles. The molecular weight excluding hydrogens is 381 g/mol. The molecule has 0 amide bonds. The van der Waals surface area contributed by atoms with Gasteiger partial charge in [0.25, 0.3) is 0 Å². The fourth-order valence-corrected chi connectivity index (χ4v) is 4.04. The zero-order valence-corrected chi connectivity index (χ0v) is 17.1. The van der Waals surface area contributed by atoms with Crippen molar-refractivity contribution in [3.8, 4) is 22.8 Å². The molecule has 0 saturated heterocycles. The topological polar surface area (TPSA) is 57.8 Å². The van der Waals surface area contributed by atoms with Crippen molar-refractivity contribution in [2.24, 2.45) is 7.05 Å². The van der Waals surface area contributed by atoms with Crippen molar-refractivity contribution in [2.75, 3.05) is 7.11 Å². The van der Waals surface area contributed by atoms with Crippen LogP contribution in [0.4, 0.5) is 4.39 Å².